The molecule has 0 aromatic heterocycles. The molecule has 4 N–H and O–H groups in total. The van der Waals surface area contributed by atoms with Gasteiger partial charge < -0.3 is 16.2 Å². The molecule has 118 valence electrons. The zero-order valence-corrected chi connectivity index (χ0v) is 13.1. The Hall–Kier alpha value is -1.74. The standard InChI is InChI=1S/C12H20N4O4S/c1-7(17)21-11(15-3)8(14-2)6-9(12(19)20)16-10(18)4-5-13/h9H,4-6,13H2,1-3H3,(H,16,18)(H,19,20). The molecule has 0 saturated heterocycles. The summed E-state index contributed by atoms with van der Waals surface area (Å²) in [4.78, 5) is 41.7. The number of nitrogens with two attached hydrogens (primary N) is 1. The first-order chi connectivity index (χ1) is 9.85. The molecular weight excluding hydrogens is 296 g/mol. The van der Waals surface area contributed by atoms with Crippen LogP contribution in [0.15, 0.2) is 9.98 Å². The third kappa shape index (κ3) is 7.57. The highest BCUT2D eigenvalue weighted by Gasteiger charge is 2.24. The predicted molar refractivity (Wildman–Crippen MR) is 82.8 cm³/mol. The molecule has 0 fully saturated rings. The highest BCUT2D eigenvalue weighted by molar-refractivity contribution is 8.27. The van der Waals surface area contributed by atoms with Crippen molar-refractivity contribution < 1.29 is 19.5 Å². The molecule has 0 heterocycles. The number of hydrogen-bond acceptors (Lipinski definition) is 7. The van der Waals surface area contributed by atoms with Gasteiger partial charge in [0.05, 0.1) is 5.71 Å². The Kier molecular flexibility index (Phi) is 9.22. The highest BCUT2D eigenvalue weighted by Crippen LogP contribution is 2.11. The Bertz CT molecular complexity index is 462. The summed E-state index contributed by atoms with van der Waals surface area (Å²) in [5, 5.41) is 11.7. The lowest BCUT2D eigenvalue weighted by atomic mass is 10.1. The molecule has 1 atom stereocenters. The molecule has 0 spiro atoms. The van der Waals surface area contributed by atoms with Crippen molar-refractivity contribution in [2.45, 2.75) is 25.8 Å². The molecule has 8 nitrogen and oxygen atoms in total. The van der Waals surface area contributed by atoms with E-state index in [0.717, 1.165) is 11.8 Å². The van der Waals surface area contributed by atoms with E-state index >= 15 is 0 Å². The van der Waals surface area contributed by atoms with Gasteiger partial charge in [0.1, 0.15) is 11.1 Å². The van der Waals surface area contributed by atoms with E-state index in [1.54, 1.807) is 0 Å². The molecule has 0 bridgehead atoms. The Balaban J connectivity index is 5.00. The fourth-order valence-electron chi connectivity index (χ4n) is 1.44. The van der Waals surface area contributed by atoms with Gasteiger partial charge in [-0.2, -0.15) is 0 Å². The number of hydrogen-bond donors (Lipinski definition) is 3. The third-order valence-corrected chi connectivity index (χ3v) is 3.26. The topological polar surface area (TPSA) is 134 Å². The van der Waals surface area contributed by atoms with Crippen molar-refractivity contribution in [2.24, 2.45) is 15.7 Å². The number of aliphatic carboxylic acids is 1. The first-order valence-corrected chi connectivity index (χ1v) is 7.00. The molecule has 21 heavy (non-hydrogen) atoms. The van der Waals surface area contributed by atoms with E-state index in [-0.39, 0.29) is 24.5 Å². The number of carboxylic acid groups (broad SMARTS) is 1. The number of nitrogens with zero attached hydrogens (tertiary/aromatic N) is 2. The lowest BCUT2D eigenvalue weighted by Gasteiger charge is -2.16. The number of aliphatic imine (C=N–C) groups is 2. The lowest BCUT2D eigenvalue weighted by Crippen LogP contribution is -2.43. The Labute approximate surface area is 127 Å². The molecule has 0 aliphatic heterocycles. The number of rotatable bonds is 7. The molecule has 0 radical (unpaired) electrons. The number of carboxylic acids is 1. The van der Waals surface area contributed by atoms with Crippen LogP contribution < -0.4 is 11.1 Å². The fourth-order valence-corrected chi connectivity index (χ4v) is 2.09. The highest BCUT2D eigenvalue weighted by atomic mass is 32.2. The first kappa shape index (κ1) is 19.3. The third-order valence-electron chi connectivity index (χ3n) is 2.36. The van der Waals surface area contributed by atoms with Crippen LogP contribution in [0, 0.1) is 0 Å². The molecule has 0 aromatic carbocycles. The Morgan fingerprint density at radius 3 is 2.29 bits per heavy atom. The largest absolute Gasteiger partial charge is 0.480 e. The summed E-state index contributed by atoms with van der Waals surface area (Å²) in [5.74, 6) is -1.64. The van der Waals surface area contributed by atoms with Gasteiger partial charge in [-0.3, -0.25) is 19.6 Å². The number of nitrogens with one attached hydrogen (secondary N) is 1. The van der Waals surface area contributed by atoms with E-state index in [9.17, 15) is 14.4 Å². The smallest absolute Gasteiger partial charge is 0.326 e. The van der Waals surface area contributed by atoms with Crippen LogP contribution in [0.25, 0.3) is 0 Å². The zero-order chi connectivity index (χ0) is 16.4. The van der Waals surface area contributed by atoms with E-state index in [1.807, 2.05) is 0 Å². The minimum absolute atomic E-state index is 0.0410. The maximum atomic E-state index is 11.5. The number of amides is 1. The van der Waals surface area contributed by atoms with Crippen LogP contribution in [0.3, 0.4) is 0 Å². The van der Waals surface area contributed by atoms with Gasteiger partial charge in [0.2, 0.25) is 5.91 Å². The van der Waals surface area contributed by atoms with Gasteiger partial charge in [0.25, 0.3) is 0 Å². The van der Waals surface area contributed by atoms with Crippen molar-refractivity contribution in [2.75, 3.05) is 20.6 Å². The van der Waals surface area contributed by atoms with Crippen LogP contribution in [-0.4, -0.2) is 59.5 Å². The SMILES string of the molecule is CN=C(CC(NC(=O)CCN)C(=O)O)C(=NC)SC(C)=O. The van der Waals surface area contributed by atoms with Gasteiger partial charge in [-0.05, 0) is 11.8 Å². The summed E-state index contributed by atoms with van der Waals surface area (Å²) in [5.41, 5.74) is 5.59. The maximum Gasteiger partial charge on any atom is 0.326 e. The quantitative estimate of drug-likeness (QED) is 0.435. The lowest BCUT2D eigenvalue weighted by molar-refractivity contribution is -0.141. The van der Waals surface area contributed by atoms with Crippen LogP contribution in [0.2, 0.25) is 0 Å². The number of thioether (sulfide) groups is 1. The summed E-state index contributed by atoms with van der Waals surface area (Å²) < 4.78 is 0. The van der Waals surface area contributed by atoms with E-state index < -0.39 is 17.9 Å². The van der Waals surface area contributed by atoms with Gasteiger partial charge in [-0.1, -0.05) is 0 Å². The van der Waals surface area contributed by atoms with Gasteiger partial charge in [-0.25, -0.2) is 4.79 Å². The number of carbonyl (C=O) groups excluding carboxylic acids is 2. The van der Waals surface area contributed by atoms with E-state index in [4.69, 9.17) is 10.8 Å². The minimum Gasteiger partial charge on any atom is -0.480 e. The monoisotopic (exact) mass is 316 g/mol. The second-order valence-corrected chi connectivity index (χ2v) is 5.16. The second-order valence-electron chi connectivity index (χ2n) is 3.99. The maximum absolute atomic E-state index is 11.5. The average molecular weight is 316 g/mol. The normalized spacial score (nSPS) is 13.7. The molecule has 0 aromatic rings. The fraction of sp³-hybridized carbons (Fsp3) is 0.583. The van der Waals surface area contributed by atoms with Crippen molar-refractivity contribution in [1.29, 1.82) is 0 Å². The minimum atomic E-state index is -1.19. The van der Waals surface area contributed by atoms with Crippen molar-refractivity contribution in [3.05, 3.63) is 0 Å². The van der Waals surface area contributed by atoms with E-state index in [1.165, 1.54) is 21.0 Å². The van der Waals surface area contributed by atoms with Gasteiger partial charge in [-0.15, -0.1) is 0 Å². The summed E-state index contributed by atoms with van der Waals surface area (Å²) in [6, 6.07) is -1.15. The Morgan fingerprint density at radius 1 is 1.29 bits per heavy atom. The zero-order valence-electron chi connectivity index (χ0n) is 12.3. The molecule has 0 saturated carbocycles. The summed E-state index contributed by atoms with van der Waals surface area (Å²) in [7, 11) is 2.96. The first-order valence-electron chi connectivity index (χ1n) is 6.19. The van der Waals surface area contributed by atoms with Crippen molar-refractivity contribution in [3.8, 4) is 0 Å². The van der Waals surface area contributed by atoms with E-state index in [2.05, 4.69) is 15.3 Å². The summed E-state index contributed by atoms with van der Waals surface area (Å²) in [6.45, 7) is 1.51. The Morgan fingerprint density at radius 2 is 1.90 bits per heavy atom. The molecule has 9 heteroatoms. The van der Waals surface area contributed by atoms with Gasteiger partial charge >= 0.3 is 5.97 Å². The second kappa shape index (κ2) is 10.1. The number of carbonyl (C=O) groups is 3. The van der Waals surface area contributed by atoms with Crippen molar-refractivity contribution in [3.63, 3.8) is 0 Å². The molecule has 0 rings (SSSR count). The molecule has 1 amide bonds. The van der Waals surface area contributed by atoms with Crippen molar-refractivity contribution in [1.82, 2.24) is 5.32 Å². The van der Waals surface area contributed by atoms with Gasteiger partial charge in [0.15, 0.2) is 5.12 Å². The average Bonchev–Trinajstić information content (AvgIpc) is 2.40. The molecular formula is C12H20N4O4S. The molecule has 0 aliphatic rings. The van der Waals surface area contributed by atoms with Crippen LogP contribution in [0.5, 0.6) is 0 Å². The van der Waals surface area contributed by atoms with Crippen LogP contribution in [-0.2, 0) is 14.4 Å². The van der Waals surface area contributed by atoms with Gasteiger partial charge in [0, 0.05) is 40.4 Å². The van der Waals surface area contributed by atoms with Crippen LogP contribution in [0.1, 0.15) is 19.8 Å². The molecule has 1 unspecified atom stereocenters. The summed E-state index contributed by atoms with van der Waals surface area (Å²) in [6.07, 6.45) is -0.0194. The molecule has 0 aliphatic carbocycles. The van der Waals surface area contributed by atoms with E-state index in [0.29, 0.717) is 10.8 Å². The van der Waals surface area contributed by atoms with Crippen molar-refractivity contribution >= 4 is 39.5 Å². The van der Waals surface area contributed by atoms with Crippen LogP contribution in [0.4, 0.5) is 0 Å². The summed E-state index contributed by atoms with van der Waals surface area (Å²) >= 11 is 0.870. The predicted octanol–water partition coefficient (Wildman–Crippen LogP) is -0.326. The van der Waals surface area contributed by atoms with Crippen LogP contribution >= 0.6 is 11.8 Å².